The van der Waals surface area contributed by atoms with Crippen LogP contribution in [0.1, 0.15) is 11.6 Å². The van der Waals surface area contributed by atoms with Gasteiger partial charge in [-0.2, -0.15) is 0 Å². The maximum absolute atomic E-state index is 6.24. The van der Waals surface area contributed by atoms with Gasteiger partial charge in [0.1, 0.15) is 0 Å². The SMILES string of the molecule is CN1CCNCC1C(N)c1cccnc1. The van der Waals surface area contributed by atoms with E-state index in [1.807, 2.05) is 18.3 Å². The van der Waals surface area contributed by atoms with E-state index in [0.29, 0.717) is 6.04 Å². The van der Waals surface area contributed by atoms with Gasteiger partial charge in [0, 0.05) is 44.1 Å². The van der Waals surface area contributed by atoms with Gasteiger partial charge in [-0.1, -0.05) is 6.07 Å². The number of hydrogen-bond donors (Lipinski definition) is 2. The third kappa shape index (κ3) is 2.34. The first-order chi connectivity index (χ1) is 7.29. The number of nitrogens with one attached hydrogen (secondary N) is 1. The largest absolute Gasteiger partial charge is 0.323 e. The van der Waals surface area contributed by atoms with E-state index in [2.05, 4.69) is 22.2 Å². The highest BCUT2D eigenvalue weighted by Crippen LogP contribution is 2.17. The molecule has 4 heteroatoms. The second kappa shape index (κ2) is 4.70. The van der Waals surface area contributed by atoms with Crippen molar-refractivity contribution in [1.29, 1.82) is 0 Å². The molecule has 82 valence electrons. The van der Waals surface area contributed by atoms with E-state index in [9.17, 15) is 0 Å². The van der Waals surface area contributed by atoms with Crippen molar-refractivity contribution in [3.63, 3.8) is 0 Å². The molecule has 0 aromatic carbocycles. The zero-order chi connectivity index (χ0) is 10.7. The van der Waals surface area contributed by atoms with Crippen LogP contribution in [0.3, 0.4) is 0 Å². The average molecular weight is 206 g/mol. The van der Waals surface area contributed by atoms with E-state index in [0.717, 1.165) is 25.2 Å². The van der Waals surface area contributed by atoms with Crippen LogP contribution >= 0.6 is 0 Å². The number of likely N-dealkylation sites (N-methyl/N-ethyl adjacent to an activating group) is 1. The van der Waals surface area contributed by atoms with Gasteiger partial charge in [-0.25, -0.2) is 0 Å². The van der Waals surface area contributed by atoms with Crippen LogP contribution in [-0.2, 0) is 0 Å². The molecular formula is C11H18N4. The summed E-state index contributed by atoms with van der Waals surface area (Å²) in [6.45, 7) is 3.05. The van der Waals surface area contributed by atoms with Crippen molar-refractivity contribution in [3.05, 3.63) is 30.1 Å². The van der Waals surface area contributed by atoms with Gasteiger partial charge in [-0.15, -0.1) is 0 Å². The molecule has 3 N–H and O–H groups in total. The predicted octanol–water partition coefficient (Wildman–Crippen LogP) is -0.0150. The summed E-state index contributed by atoms with van der Waals surface area (Å²) in [6.07, 6.45) is 3.63. The van der Waals surface area contributed by atoms with Gasteiger partial charge in [0.05, 0.1) is 0 Å². The molecule has 0 radical (unpaired) electrons. The van der Waals surface area contributed by atoms with Gasteiger partial charge in [0.2, 0.25) is 0 Å². The first kappa shape index (κ1) is 10.5. The summed E-state index contributed by atoms with van der Waals surface area (Å²) >= 11 is 0. The maximum atomic E-state index is 6.24. The number of piperazine rings is 1. The van der Waals surface area contributed by atoms with Crippen molar-refractivity contribution in [2.75, 3.05) is 26.7 Å². The van der Waals surface area contributed by atoms with Crippen LogP contribution in [0.5, 0.6) is 0 Å². The highest BCUT2D eigenvalue weighted by atomic mass is 15.2. The molecule has 1 aliphatic heterocycles. The summed E-state index contributed by atoms with van der Waals surface area (Å²) in [5, 5.41) is 3.37. The highest BCUT2D eigenvalue weighted by molar-refractivity contribution is 5.16. The summed E-state index contributed by atoms with van der Waals surface area (Å²) in [7, 11) is 2.13. The zero-order valence-corrected chi connectivity index (χ0v) is 9.06. The van der Waals surface area contributed by atoms with E-state index in [1.165, 1.54) is 0 Å². The molecule has 2 atom stereocenters. The van der Waals surface area contributed by atoms with Crippen molar-refractivity contribution in [2.24, 2.45) is 5.73 Å². The second-order valence-electron chi connectivity index (χ2n) is 4.06. The fourth-order valence-electron chi connectivity index (χ4n) is 2.02. The number of nitrogens with zero attached hydrogens (tertiary/aromatic N) is 2. The van der Waals surface area contributed by atoms with Crippen molar-refractivity contribution < 1.29 is 0 Å². The van der Waals surface area contributed by atoms with Gasteiger partial charge in [0.15, 0.2) is 0 Å². The van der Waals surface area contributed by atoms with Gasteiger partial charge in [-0.3, -0.25) is 9.88 Å². The molecule has 15 heavy (non-hydrogen) atoms. The standard InChI is InChI=1S/C11H18N4/c1-15-6-5-14-8-10(15)11(12)9-3-2-4-13-7-9/h2-4,7,10-11,14H,5-6,8,12H2,1H3. The van der Waals surface area contributed by atoms with Crippen LogP contribution in [0.2, 0.25) is 0 Å². The van der Waals surface area contributed by atoms with Gasteiger partial charge >= 0.3 is 0 Å². The summed E-state index contributed by atoms with van der Waals surface area (Å²) in [6, 6.07) is 4.38. The van der Waals surface area contributed by atoms with Crippen LogP contribution in [-0.4, -0.2) is 42.6 Å². The Hall–Kier alpha value is -0.970. The fraction of sp³-hybridized carbons (Fsp3) is 0.545. The molecule has 1 fully saturated rings. The Morgan fingerprint density at radius 2 is 2.53 bits per heavy atom. The van der Waals surface area contributed by atoms with Gasteiger partial charge in [0.25, 0.3) is 0 Å². The van der Waals surface area contributed by atoms with E-state index in [4.69, 9.17) is 5.73 Å². The van der Waals surface area contributed by atoms with Crippen LogP contribution in [0.4, 0.5) is 0 Å². The number of hydrogen-bond acceptors (Lipinski definition) is 4. The summed E-state index contributed by atoms with van der Waals surface area (Å²) in [5.74, 6) is 0. The van der Waals surface area contributed by atoms with Crippen LogP contribution < -0.4 is 11.1 Å². The molecule has 0 saturated carbocycles. The summed E-state index contributed by atoms with van der Waals surface area (Å²) in [4.78, 5) is 6.42. The quantitative estimate of drug-likeness (QED) is 0.714. The van der Waals surface area contributed by atoms with Gasteiger partial charge < -0.3 is 11.1 Å². The molecule has 1 saturated heterocycles. The average Bonchev–Trinajstić information content (AvgIpc) is 2.30. The van der Waals surface area contributed by atoms with E-state index in [-0.39, 0.29) is 6.04 Å². The normalized spacial score (nSPS) is 25.1. The zero-order valence-electron chi connectivity index (χ0n) is 9.06. The lowest BCUT2D eigenvalue weighted by atomic mass is 9.99. The van der Waals surface area contributed by atoms with Crippen molar-refractivity contribution in [3.8, 4) is 0 Å². The first-order valence-electron chi connectivity index (χ1n) is 5.35. The molecule has 0 spiro atoms. The summed E-state index contributed by atoms with van der Waals surface area (Å²) in [5.41, 5.74) is 7.35. The number of nitrogens with two attached hydrogens (primary N) is 1. The molecule has 4 nitrogen and oxygen atoms in total. The fourth-order valence-corrected chi connectivity index (χ4v) is 2.02. The Morgan fingerprint density at radius 1 is 1.67 bits per heavy atom. The lowest BCUT2D eigenvalue weighted by Gasteiger charge is -2.36. The number of pyridine rings is 1. The minimum absolute atomic E-state index is 0.0384. The lowest BCUT2D eigenvalue weighted by Crippen LogP contribution is -2.53. The van der Waals surface area contributed by atoms with Crippen molar-refractivity contribution in [2.45, 2.75) is 12.1 Å². The third-order valence-electron chi connectivity index (χ3n) is 3.04. The highest BCUT2D eigenvalue weighted by Gasteiger charge is 2.25. The third-order valence-corrected chi connectivity index (χ3v) is 3.04. The minimum Gasteiger partial charge on any atom is -0.323 e. The Bertz CT molecular complexity index is 301. The van der Waals surface area contributed by atoms with Crippen LogP contribution in [0.15, 0.2) is 24.5 Å². The molecule has 0 aliphatic carbocycles. The van der Waals surface area contributed by atoms with Crippen LogP contribution in [0, 0.1) is 0 Å². The molecule has 1 aromatic heterocycles. The van der Waals surface area contributed by atoms with Gasteiger partial charge in [-0.05, 0) is 18.7 Å². The lowest BCUT2D eigenvalue weighted by molar-refractivity contribution is 0.174. The molecule has 2 rings (SSSR count). The monoisotopic (exact) mass is 206 g/mol. The molecule has 2 heterocycles. The van der Waals surface area contributed by atoms with E-state index >= 15 is 0 Å². The molecule has 0 amide bonds. The first-order valence-corrected chi connectivity index (χ1v) is 5.35. The Morgan fingerprint density at radius 3 is 3.20 bits per heavy atom. The molecule has 1 aliphatic rings. The Labute approximate surface area is 90.5 Å². The molecule has 2 unspecified atom stereocenters. The molecule has 1 aromatic rings. The number of aromatic nitrogens is 1. The van der Waals surface area contributed by atoms with Crippen molar-refractivity contribution >= 4 is 0 Å². The minimum atomic E-state index is 0.0384. The van der Waals surface area contributed by atoms with Crippen molar-refractivity contribution in [1.82, 2.24) is 15.2 Å². The molecule has 0 bridgehead atoms. The molecular weight excluding hydrogens is 188 g/mol. The smallest absolute Gasteiger partial charge is 0.0480 e. The van der Waals surface area contributed by atoms with Crippen LogP contribution in [0.25, 0.3) is 0 Å². The van der Waals surface area contributed by atoms with E-state index < -0.39 is 0 Å². The topological polar surface area (TPSA) is 54.2 Å². The predicted molar refractivity (Wildman–Crippen MR) is 60.5 cm³/mol. The second-order valence-corrected chi connectivity index (χ2v) is 4.06. The Balaban J connectivity index is 2.09. The van der Waals surface area contributed by atoms with E-state index in [1.54, 1.807) is 6.20 Å². The number of rotatable bonds is 2. The summed E-state index contributed by atoms with van der Waals surface area (Å²) < 4.78 is 0. The Kier molecular flexibility index (Phi) is 3.30. The maximum Gasteiger partial charge on any atom is 0.0480 e.